The number of hydrogen-bond acceptors (Lipinski definition) is 3. The Morgan fingerprint density at radius 1 is 1.14 bits per heavy atom. The van der Waals surface area contributed by atoms with E-state index in [4.69, 9.17) is 16.3 Å². The SMILES string of the molecule is O=c1[nH]c(Cl)c(C2CCCC2)c(=O)n1CC1CCCCO1. The lowest BCUT2D eigenvalue weighted by atomic mass is 10.0. The third-order valence-electron chi connectivity index (χ3n) is 4.60. The van der Waals surface area contributed by atoms with Gasteiger partial charge < -0.3 is 4.74 Å². The van der Waals surface area contributed by atoms with E-state index in [-0.39, 0.29) is 22.7 Å². The molecule has 1 atom stereocenters. The van der Waals surface area contributed by atoms with E-state index in [0.29, 0.717) is 18.7 Å². The van der Waals surface area contributed by atoms with E-state index >= 15 is 0 Å². The molecule has 1 aromatic rings. The van der Waals surface area contributed by atoms with Gasteiger partial charge >= 0.3 is 5.69 Å². The smallest absolute Gasteiger partial charge is 0.329 e. The summed E-state index contributed by atoms with van der Waals surface area (Å²) in [6, 6.07) is 0. The summed E-state index contributed by atoms with van der Waals surface area (Å²) in [5.74, 6) is 0.181. The van der Waals surface area contributed by atoms with Crippen LogP contribution in [0.15, 0.2) is 9.59 Å². The van der Waals surface area contributed by atoms with Crippen molar-refractivity contribution < 1.29 is 4.74 Å². The molecule has 5 nitrogen and oxygen atoms in total. The van der Waals surface area contributed by atoms with Gasteiger partial charge in [-0.3, -0.25) is 14.3 Å². The molecule has 2 aliphatic rings. The van der Waals surface area contributed by atoms with Gasteiger partial charge in [0, 0.05) is 6.61 Å². The molecule has 1 saturated carbocycles. The van der Waals surface area contributed by atoms with Crippen molar-refractivity contribution in [3.63, 3.8) is 0 Å². The molecule has 0 bridgehead atoms. The van der Waals surface area contributed by atoms with Gasteiger partial charge in [0.1, 0.15) is 5.15 Å². The molecule has 1 aliphatic heterocycles. The molecule has 1 aliphatic carbocycles. The minimum atomic E-state index is -0.430. The first kappa shape index (κ1) is 14.9. The summed E-state index contributed by atoms with van der Waals surface area (Å²) in [5, 5.41) is 0.220. The third kappa shape index (κ3) is 3.09. The number of aromatic nitrogens is 2. The van der Waals surface area contributed by atoms with Crippen molar-refractivity contribution in [2.75, 3.05) is 6.61 Å². The van der Waals surface area contributed by atoms with E-state index in [2.05, 4.69) is 4.98 Å². The Balaban J connectivity index is 1.93. The second kappa shape index (κ2) is 6.36. The van der Waals surface area contributed by atoms with Crippen LogP contribution in [-0.2, 0) is 11.3 Å². The van der Waals surface area contributed by atoms with Gasteiger partial charge in [-0.05, 0) is 38.0 Å². The summed E-state index contributed by atoms with van der Waals surface area (Å²) >= 11 is 6.13. The third-order valence-corrected chi connectivity index (χ3v) is 4.90. The molecule has 0 radical (unpaired) electrons. The topological polar surface area (TPSA) is 64.1 Å². The summed E-state index contributed by atoms with van der Waals surface area (Å²) in [5.41, 5.74) is -0.0738. The molecule has 1 aromatic heterocycles. The van der Waals surface area contributed by atoms with Crippen LogP contribution in [0.2, 0.25) is 5.15 Å². The fourth-order valence-corrected chi connectivity index (χ4v) is 3.77. The van der Waals surface area contributed by atoms with Gasteiger partial charge in [-0.2, -0.15) is 0 Å². The number of halogens is 1. The summed E-state index contributed by atoms with van der Waals surface area (Å²) < 4.78 is 6.92. The molecule has 0 amide bonds. The summed E-state index contributed by atoms with van der Waals surface area (Å²) in [4.78, 5) is 27.4. The fraction of sp³-hybridized carbons (Fsp3) is 0.733. The van der Waals surface area contributed by atoms with Gasteiger partial charge in [0.05, 0.1) is 18.2 Å². The van der Waals surface area contributed by atoms with Gasteiger partial charge in [0.15, 0.2) is 0 Å². The van der Waals surface area contributed by atoms with Crippen molar-refractivity contribution in [1.29, 1.82) is 0 Å². The van der Waals surface area contributed by atoms with Gasteiger partial charge in [-0.15, -0.1) is 0 Å². The molecule has 3 rings (SSSR count). The number of nitrogens with one attached hydrogen (secondary N) is 1. The minimum absolute atomic E-state index is 0.0462. The molecule has 2 heterocycles. The average Bonchev–Trinajstić information content (AvgIpc) is 2.98. The maximum Gasteiger partial charge on any atom is 0.329 e. The normalized spacial score (nSPS) is 23.6. The van der Waals surface area contributed by atoms with Crippen molar-refractivity contribution in [3.05, 3.63) is 31.6 Å². The molecule has 21 heavy (non-hydrogen) atoms. The quantitative estimate of drug-likeness (QED) is 0.872. The second-order valence-electron chi connectivity index (χ2n) is 6.04. The van der Waals surface area contributed by atoms with Crippen LogP contribution in [0.4, 0.5) is 0 Å². The molecule has 1 N–H and O–H groups in total. The number of H-pyrrole nitrogens is 1. The van der Waals surface area contributed by atoms with E-state index in [0.717, 1.165) is 44.9 Å². The van der Waals surface area contributed by atoms with Crippen LogP contribution in [-0.4, -0.2) is 22.3 Å². The first-order valence-electron chi connectivity index (χ1n) is 7.81. The van der Waals surface area contributed by atoms with Crippen LogP contribution in [0.1, 0.15) is 56.4 Å². The van der Waals surface area contributed by atoms with Gasteiger partial charge in [-0.1, -0.05) is 24.4 Å². The van der Waals surface area contributed by atoms with Gasteiger partial charge in [0.2, 0.25) is 0 Å². The highest BCUT2D eigenvalue weighted by Gasteiger charge is 2.26. The van der Waals surface area contributed by atoms with Crippen molar-refractivity contribution in [2.45, 2.75) is 63.5 Å². The highest BCUT2D eigenvalue weighted by molar-refractivity contribution is 6.30. The molecule has 6 heteroatoms. The van der Waals surface area contributed by atoms with Crippen LogP contribution < -0.4 is 11.2 Å². The highest BCUT2D eigenvalue weighted by atomic mass is 35.5. The van der Waals surface area contributed by atoms with Crippen molar-refractivity contribution in [2.24, 2.45) is 0 Å². The Bertz CT molecular complexity index is 610. The zero-order valence-corrected chi connectivity index (χ0v) is 12.8. The molecule has 1 unspecified atom stereocenters. The molecule has 1 saturated heterocycles. The number of ether oxygens (including phenoxy) is 1. The van der Waals surface area contributed by atoms with E-state index in [1.165, 1.54) is 4.57 Å². The molecule has 116 valence electrons. The average molecular weight is 313 g/mol. The van der Waals surface area contributed by atoms with Gasteiger partial charge in [-0.25, -0.2) is 4.79 Å². The highest BCUT2D eigenvalue weighted by Crippen LogP contribution is 2.34. The first-order chi connectivity index (χ1) is 10.2. The Labute approximate surface area is 128 Å². The fourth-order valence-electron chi connectivity index (χ4n) is 3.45. The zero-order chi connectivity index (χ0) is 14.8. The van der Waals surface area contributed by atoms with E-state index in [1.807, 2.05) is 0 Å². The Morgan fingerprint density at radius 3 is 2.52 bits per heavy atom. The predicted octanol–water partition coefficient (Wildman–Crippen LogP) is 2.42. The predicted molar refractivity (Wildman–Crippen MR) is 81.1 cm³/mol. The van der Waals surface area contributed by atoms with Gasteiger partial charge in [0.25, 0.3) is 5.56 Å². The summed E-state index contributed by atoms with van der Waals surface area (Å²) in [6.07, 6.45) is 7.16. The lowest BCUT2D eigenvalue weighted by Crippen LogP contribution is -2.42. The van der Waals surface area contributed by atoms with Crippen LogP contribution in [0, 0.1) is 0 Å². The van der Waals surface area contributed by atoms with E-state index in [9.17, 15) is 9.59 Å². The monoisotopic (exact) mass is 312 g/mol. The number of rotatable bonds is 3. The summed E-state index contributed by atoms with van der Waals surface area (Å²) in [6.45, 7) is 1.03. The molecule has 2 fully saturated rings. The molecule has 0 aromatic carbocycles. The Morgan fingerprint density at radius 2 is 1.86 bits per heavy atom. The van der Waals surface area contributed by atoms with Crippen molar-refractivity contribution in [1.82, 2.24) is 9.55 Å². The largest absolute Gasteiger partial charge is 0.376 e. The maximum atomic E-state index is 12.7. The van der Waals surface area contributed by atoms with Crippen LogP contribution in [0.25, 0.3) is 0 Å². The maximum absolute atomic E-state index is 12.7. The molecular weight excluding hydrogens is 292 g/mol. The number of aromatic amines is 1. The zero-order valence-electron chi connectivity index (χ0n) is 12.1. The number of hydrogen-bond donors (Lipinski definition) is 1. The lowest BCUT2D eigenvalue weighted by molar-refractivity contribution is 0.00463. The molecular formula is C15H21ClN2O3. The Kier molecular flexibility index (Phi) is 4.50. The Hall–Kier alpha value is -1.07. The second-order valence-corrected chi connectivity index (χ2v) is 6.42. The minimum Gasteiger partial charge on any atom is -0.376 e. The van der Waals surface area contributed by atoms with Crippen LogP contribution >= 0.6 is 11.6 Å². The standard InChI is InChI=1S/C15H21ClN2O3/c16-13-12(10-5-1-2-6-10)14(19)18(15(20)17-13)9-11-7-3-4-8-21-11/h10-11H,1-9H2,(H,17,20). The van der Waals surface area contributed by atoms with Crippen LogP contribution in [0.5, 0.6) is 0 Å². The van der Waals surface area contributed by atoms with Crippen molar-refractivity contribution >= 4 is 11.6 Å². The first-order valence-corrected chi connectivity index (χ1v) is 8.18. The lowest BCUT2D eigenvalue weighted by Gasteiger charge is -2.23. The van der Waals surface area contributed by atoms with Crippen LogP contribution in [0.3, 0.4) is 0 Å². The summed E-state index contributed by atoms with van der Waals surface area (Å²) in [7, 11) is 0. The van der Waals surface area contributed by atoms with Crippen molar-refractivity contribution in [3.8, 4) is 0 Å². The van der Waals surface area contributed by atoms with E-state index in [1.54, 1.807) is 0 Å². The van der Waals surface area contributed by atoms with E-state index < -0.39 is 5.69 Å². The molecule has 0 spiro atoms. The number of nitrogens with zero attached hydrogens (tertiary/aromatic N) is 1.